The first-order valence-corrected chi connectivity index (χ1v) is 4.66. The van der Waals surface area contributed by atoms with Gasteiger partial charge in [-0.15, -0.1) is 0 Å². The van der Waals surface area contributed by atoms with E-state index in [1.165, 1.54) is 0 Å². The number of pyridine rings is 1. The summed E-state index contributed by atoms with van der Waals surface area (Å²) in [4.78, 5) is 12.3. The second-order valence-electron chi connectivity index (χ2n) is 2.96. The van der Waals surface area contributed by atoms with Crippen molar-refractivity contribution in [2.24, 2.45) is 0 Å². The molecule has 2 N–H and O–H groups in total. The number of hydrogen-bond donors (Lipinski definition) is 1. The summed E-state index contributed by atoms with van der Waals surface area (Å²) in [6.07, 6.45) is 0. The fourth-order valence-electron chi connectivity index (χ4n) is 1.26. The van der Waals surface area contributed by atoms with Crippen molar-refractivity contribution in [1.82, 2.24) is 15.0 Å². The first-order chi connectivity index (χ1) is 7.20. The number of methoxy groups -OCH3 is 1. The second-order valence-corrected chi connectivity index (χ2v) is 3.35. The van der Waals surface area contributed by atoms with Gasteiger partial charge in [-0.1, -0.05) is 11.6 Å². The molecule has 0 spiro atoms. The zero-order valence-corrected chi connectivity index (χ0v) is 8.82. The van der Waals surface area contributed by atoms with Crippen molar-refractivity contribution in [2.45, 2.75) is 6.61 Å². The Hall–Kier alpha value is -1.46. The molecule has 0 aliphatic heterocycles. The van der Waals surface area contributed by atoms with Crippen LogP contribution in [0.25, 0.3) is 11.0 Å². The van der Waals surface area contributed by atoms with E-state index in [0.717, 1.165) is 0 Å². The largest absolute Gasteiger partial charge is 0.382 e. The molecule has 2 rings (SSSR count). The van der Waals surface area contributed by atoms with E-state index < -0.39 is 0 Å². The predicted molar refractivity (Wildman–Crippen MR) is 57.5 cm³/mol. The monoisotopic (exact) mass is 224 g/mol. The number of nitrogens with two attached hydrogens (primary N) is 1. The third kappa shape index (κ3) is 1.98. The maximum atomic E-state index is 5.74. The Kier molecular flexibility index (Phi) is 2.66. The molecule has 15 heavy (non-hydrogen) atoms. The summed E-state index contributed by atoms with van der Waals surface area (Å²) >= 11 is 5.74. The van der Waals surface area contributed by atoms with E-state index in [-0.39, 0.29) is 0 Å². The van der Waals surface area contributed by atoms with Crippen LogP contribution in [-0.4, -0.2) is 22.1 Å². The molecule has 0 aliphatic rings. The zero-order valence-electron chi connectivity index (χ0n) is 8.07. The van der Waals surface area contributed by atoms with Crippen molar-refractivity contribution in [3.8, 4) is 0 Å². The third-order valence-electron chi connectivity index (χ3n) is 1.86. The van der Waals surface area contributed by atoms with Crippen LogP contribution in [0.1, 0.15) is 5.82 Å². The minimum Gasteiger partial charge on any atom is -0.382 e. The van der Waals surface area contributed by atoms with Crippen molar-refractivity contribution in [3.05, 3.63) is 23.1 Å². The summed E-state index contributed by atoms with van der Waals surface area (Å²) in [5, 5.41) is 0.372. The Morgan fingerprint density at radius 1 is 1.33 bits per heavy atom. The van der Waals surface area contributed by atoms with E-state index in [4.69, 9.17) is 22.1 Å². The zero-order chi connectivity index (χ0) is 10.8. The van der Waals surface area contributed by atoms with Gasteiger partial charge in [0.1, 0.15) is 17.3 Å². The lowest BCUT2D eigenvalue weighted by atomic mass is 10.3. The number of halogens is 1. The molecule has 0 atom stereocenters. The number of hydrogen-bond acceptors (Lipinski definition) is 5. The molecule has 0 aliphatic carbocycles. The molecule has 0 radical (unpaired) electrons. The summed E-state index contributed by atoms with van der Waals surface area (Å²) in [6, 6.07) is 3.41. The minimum atomic E-state index is 0.314. The molecule has 5 nitrogen and oxygen atoms in total. The van der Waals surface area contributed by atoms with E-state index >= 15 is 0 Å². The van der Waals surface area contributed by atoms with Crippen LogP contribution in [0.4, 0.5) is 5.82 Å². The summed E-state index contributed by atoms with van der Waals surface area (Å²) in [7, 11) is 1.57. The van der Waals surface area contributed by atoms with Crippen LogP contribution in [-0.2, 0) is 11.3 Å². The van der Waals surface area contributed by atoms with Crippen molar-refractivity contribution in [1.29, 1.82) is 0 Å². The van der Waals surface area contributed by atoms with Gasteiger partial charge in [-0.2, -0.15) is 0 Å². The number of nitrogens with zero attached hydrogens (tertiary/aromatic N) is 3. The minimum absolute atomic E-state index is 0.314. The molecule has 0 fully saturated rings. The van der Waals surface area contributed by atoms with Crippen LogP contribution < -0.4 is 5.73 Å². The highest BCUT2D eigenvalue weighted by Crippen LogP contribution is 2.18. The van der Waals surface area contributed by atoms with Crippen LogP contribution >= 0.6 is 11.6 Å². The fraction of sp³-hybridized carbons (Fsp3) is 0.222. The summed E-state index contributed by atoms with van der Waals surface area (Å²) in [5.41, 5.74) is 6.91. The van der Waals surface area contributed by atoms with Gasteiger partial charge >= 0.3 is 0 Å². The van der Waals surface area contributed by atoms with Gasteiger partial charge in [-0.25, -0.2) is 15.0 Å². The predicted octanol–water partition coefficient (Wildman–Crippen LogP) is 1.41. The Bertz CT molecular complexity index is 503. The molecule has 0 saturated heterocycles. The lowest BCUT2D eigenvalue weighted by molar-refractivity contribution is 0.178. The molecule has 2 aromatic heterocycles. The smallest absolute Gasteiger partial charge is 0.157 e. The molecule has 0 amide bonds. The van der Waals surface area contributed by atoms with Gasteiger partial charge in [-0.3, -0.25) is 0 Å². The summed E-state index contributed by atoms with van der Waals surface area (Å²) in [6.45, 7) is 0.322. The van der Waals surface area contributed by atoms with Gasteiger partial charge in [0.15, 0.2) is 11.6 Å². The Balaban J connectivity index is 2.62. The van der Waals surface area contributed by atoms with E-state index in [1.807, 2.05) is 0 Å². The van der Waals surface area contributed by atoms with Crippen molar-refractivity contribution < 1.29 is 4.74 Å². The highest BCUT2D eigenvalue weighted by Gasteiger charge is 2.06. The SMILES string of the molecule is COCc1nc(N)c2nc(Cl)ccc2n1. The average Bonchev–Trinajstić information content (AvgIpc) is 2.20. The molecular formula is C9H9ClN4O. The van der Waals surface area contributed by atoms with Gasteiger partial charge in [0, 0.05) is 7.11 Å². The molecule has 6 heteroatoms. The van der Waals surface area contributed by atoms with Crippen LogP contribution in [0.15, 0.2) is 12.1 Å². The molecule has 2 heterocycles. The number of rotatable bonds is 2. The van der Waals surface area contributed by atoms with E-state index in [2.05, 4.69) is 15.0 Å². The van der Waals surface area contributed by atoms with Gasteiger partial charge in [0.25, 0.3) is 0 Å². The van der Waals surface area contributed by atoms with Gasteiger partial charge in [-0.05, 0) is 12.1 Å². The van der Waals surface area contributed by atoms with Crippen LogP contribution in [0, 0.1) is 0 Å². The van der Waals surface area contributed by atoms with Crippen LogP contribution in [0.2, 0.25) is 5.15 Å². The maximum Gasteiger partial charge on any atom is 0.157 e. The second kappa shape index (κ2) is 3.96. The molecule has 0 bridgehead atoms. The number of fused-ring (bicyclic) bond motifs is 1. The van der Waals surface area contributed by atoms with E-state index in [9.17, 15) is 0 Å². The van der Waals surface area contributed by atoms with Gasteiger partial charge in [0.2, 0.25) is 0 Å². The Morgan fingerprint density at radius 3 is 2.87 bits per heavy atom. The van der Waals surface area contributed by atoms with E-state index in [0.29, 0.717) is 34.4 Å². The number of nitrogen functional groups attached to an aromatic ring is 1. The Labute approximate surface area is 91.3 Å². The lowest BCUT2D eigenvalue weighted by Gasteiger charge is -2.03. The Morgan fingerprint density at radius 2 is 2.13 bits per heavy atom. The standard InChI is InChI=1S/C9H9ClN4O/c1-15-4-7-12-5-2-3-6(10)13-8(5)9(11)14-7/h2-3H,4H2,1H3,(H2,11,12,14). The topological polar surface area (TPSA) is 73.9 Å². The molecule has 0 aromatic carbocycles. The molecule has 0 saturated carbocycles. The van der Waals surface area contributed by atoms with Crippen LogP contribution in [0.5, 0.6) is 0 Å². The third-order valence-corrected chi connectivity index (χ3v) is 2.07. The first kappa shape index (κ1) is 10.1. The van der Waals surface area contributed by atoms with Crippen molar-refractivity contribution >= 4 is 28.5 Å². The molecule has 2 aromatic rings. The van der Waals surface area contributed by atoms with Gasteiger partial charge < -0.3 is 10.5 Å². The quantitative estimate of drug-likeness (QED) is 0.781. The van der Waals surface area contributed by atoms with Crippen LogP contribution in [0.3, 0.4) is 0 Å². The molecule has 78 valence electrons. The summed E-state index contributed by atoms with van der Waals surface area (Å²) in [5.74, 6) is 0.848. The maximum absolute atomic E-state index is 5.74. The molecule has 0 unspecified atom stereocenters. The fourth-order valence-corrected chi connectivity index (χ4v) is 1.40. The normalized spacial score (nSPS) is 10.8. The average molecular weight is 225 g/mol. The number of ether oxygens (including phenoxy) is 1. The first-order valence-electron chi connectivity index (χ1n) is 4.28. The van der Waals surface area contributed by atoms with Crippen molar-refractivity contribution in [3.63, 3.8) is 0 Å². The van der Waals surface area contributed by atoms with Crippen molar-refractivity contribution in [2.75, 3.05) is 12.8 Å². The highest BCUT2D eigenvalue weighted by atomic mass is 35.5. The number of aromatic nitrogens is 3. The van der Waals surface area contributed by atoms with Gasteiger partial charge in [0.05, 0.1) is 5.52 Å². The summed E-state index contributed by atoms with van der Waals surface area (Å²) < 4.78 is 4.93. The number of anilines is 1. The van der Waals surface area contributed by atoms with E-state index in [1.54, 1.807) is 19.2 Å². The highest BCUT2D eigenvalue weighted by molar-refractivity contribution is 6.29. The molecular weight excluding hydrogens is 216 g/mol. The lowest BCUT2D eigenvalue weighted by Crippen LogP contribution is -2.03.